The maximum atomic E-state index is 11.3. The van der Waals surface area contributed by atoms with E-state index >= 15 is 0 Å². The highest BCUT2D eigenvalue weighted by Crippen LogP contribution is 2.20. The molecule has 1 N–H and O–H groups in total. The summed E-state index contributed by atoms with van der Waals surface area (Å²) in [5.41, 5.74) is 4.76. The summed E-state index contributed by atoms with van der Waals surface area (Å²) >= 11 is 0. The van der Waals surface area contributed by atoms with Crippen LogP contribution in [-0.4, -0.2) is 11.6 Å². The van der Waals surface area contributed by atoms with Crippen LogP contribution in [-0.2, 0) is 11.4 Å². The monoisotopic (exact) mass is 326 g/mol. The van der Waals surface area contributed by atoms with Crippen molar-refractivity contribution < 1.29 is 13.9 Å². The summed E-state index contributed by atoms with van der Waals surface area (Å²) in [6, 6.07) is 10.7. The third-order valence-electron chi connectivity index (χ3n) is 3.76. The van der Waals surface area contributed by atoms with Gasteiger partial charge in [-0.1, -0.05) is 6.92 Å². The van der Waals surface area contributed by atoms with Crippen LogP contribution in [0.2, 0.25) is 0 Å². The van der Waals surface area contributed by atoms with Crippen LogP contribution < -0.4 is 15.8 Å². The summed E-state index contributed by atoms with van der Waals surface area (Å²) in [5.74, 6) is 1.16. The van der Waals surface area contributed by atoms with Gasteiger partial charge in [0.15, 0.2) is 0 Å². The second-order valence-electron chi connectivity index (χ2n) is 5.87. The SMILES string of the molecule is Cc1cc(COc2ccc(C3=NNC(=O)CC3C)cc2)oc(=O)c1. The van der Waals surface area contributed by atoms with E-state index in [1.165, 1.54) is 6.07 Å². The van der Waals surface area contributed by atoms with E-state index in [1.807, 2.05) is 38.1 Å². The lowest BCUT2D eigenvalue weighted by Gasteiger charge is -2.19. The lowest BCUT2D eigenvalue weighted by molar-refractivity contribution is -0.121. The highest BCUT2D eigenvalue weighted by molar-refractivity contribution is 6.05. The molecule has 0 saturated heterocycles. The van der Waals surface area contributed by atoms with Crippen molar-refractivity contribution in [2.45, 2.75) is 26.9 Å². The average molecular weight is 326 g/mol. The van der Waals surface area contributed by atoms with Crippen LogP contribution in [0, 0.1) is 12.8 Å². The molecule has 24 heavy (non-hydrogen) atoms. The molecular weight excluding hydrogens is 308 g/mol. The molecule has 2 aromatic rings. The molecule has 0 bridgehead atoms. The van der Waals surface area contributed by atoms with Gasteiger partial charge >= 0.3 is 5.63 Å². The number of hydrogen-bond donors (Lipinski definition) is 1. The maximum Gasteiger partial charge on any atom is 0.336 e. The van der Waals surface area contributed by atoms with Crippen LogP contribution in [0.4, 0.5) is 0 Å². The zero-order chi connectivity index (χ0) is 17.1. The highest BCUT2D eigenvalue weighted by Gasteiger charge is 2.21. The Labute approximate surface area is 139 Å². The van der Waals surface area contributed by atoms with Gasteiger partial charge in [0, 0.05) is 18.4 Å². The van der Waals surface area contributed by atoms with Gasteiger partial charge in [0.25, 0.3) is 0 Å². The number of nitrogens with zero attached hydrogens (tertiary/aromatic N) is 1. The molecule has 1 amide bonds. The van der Waals surface area contributed by atoms with Crippen LogP contribution in [0.5, 0.6) is 5.75 Å². The van der Waals surface area contributed by atoms with E-state index in [0.717, 1.165) is 16.8 Å². The summed E-state index contributed by atoms with van der Waals surface area (Å²) in [5, 5.41) is 4.13. The van der Waals surface area contributed by atoms with Gasteiger partial charge in [-0.25, -0.2) is 10.2 Å². The van der Waals surface area contributed by atoms with Gasteiger partial charge < -0.3 is 9.15 Å². The minimum atomic E-state index is -0.379. The molecule has 0 saturated carbocycles. The molecule has 6 heteroatoms. The van der Waals surface area contributed by atoms with Gasteiger partial charge in [-0.2, -0.15) is 5.10 Å². The van der Waals surface area contributed by atoms with Crippen molar-refractivity contribution in [3.05, 3.63) is 63.7 Å². The number of rotatable bonds is 4. The molecule has 0 fully saturated rings. The number of hydrazone groups is 1. The predicted molar refractivity (Wildman–Crippen MR) is 88.9 cm³/mol. The fourth-order valence-corrected chi connectivity index (χ4v) is 2.62. The topological polar surface area (TPSA) is 80.9 Å². The van der Waals surface area contributed by atoms with E-state index < -0.39 is 0 Å². The molecule has 0 aliphatic carbocycles. The van der Waals surface area contributed by atoms with Crippen LogP contribution in [0.1, 0.15) is 30.2 Å². The molecular formula is C18H18N2O4. The largest absolute Gasteiger partial charge is 0.486 e. The second-order valence-corrected chi connectivity index (χ2v) is 5.87. The Kier molecular flexibility index (Phi) is 4.46. The van der Waals surface area contributed by atoms with E-state index in [2.05, 4.69) is 10.5 Å². The molecule has 1 aliphatic rings. The quantitative estimate of drug-likeness (QED) is 0.935. The molecule has 1 aromatic carbocycles. The number of carbonyl (C=O) groups excluding carboxylic acids is 1. The molecule has 6 nitrogen and oxygen atoms in total. The van der Waals surface area contributed by atoms with Gasteiger partial charge in [-0.05, 0) is 48.4 Å². The predicted octanol–water partition coefficient (Wildman–Crippen LogP) is 2.39. The average Bonchev–Trinajstić information content (AvgIpc) is 2.53. The van der Waals surface area contributed by atoms with E-state index in [0.29, 0.717) is 17.9 Å². The summed E-state index contributed by atoms with van der Waals surface area (Å²) in [7, 11) is 0. The first-order chi connectivity index (χ1) is 11.5. The van der Waals surface area contributed by atoms with Crippen LogP contribution in [0.25, 0.3) is 0 Å². The first-order valence-corrected chi connectivity index (χ1v) is 7.71. The highest BCUT2D eigenvalue weighted by atomic mass is 16.5. The Morgan fingerprint density at radius 3 is 2.67 bits per heavy atom. The molecule has 3 rings (SSSR count). The van der Waals surface area contributed by atoms with Crippen LogP contribution in [0.3, 0.4) is 0 Å². The summed E-state index contributed by atoms with van der Waals surface area (Å²) in [4.78, 5) is 22.6. The Balaban J connectivity index is 1.68. The van der Waals surface area contributed by atoms with Gasteiger partial charge in [0.2, 0.25) is 5.91 Å². The van der Waals surface area contributed by atoms with Crippen molar-refractivity contribution in [2.75, 3.05) is 0 Å². The Hall–Kier alpha value is -2.89. The third kappa shape index (κ3) is 3.71. The minimum absolute atomic E-state index is 0.0640. The number of carbonyl (C=O) groups is 1. The number of hydrogen-bond acceptors (Lipinski definition) is 5. The van der Waals surface area contributed by atoms with Crippen molar-refractivity contribution in [3.63, 3.8) is 0 Å². The van der Waals surface area contributed by atoms with Gasteiger partial charge in [0.05, 0.1) is 5.71 Å². The fraction of sp³-hybridized carbons (Fsp3) is 0.278. The maximum absolute atomic E-state index is 11.3. The van der Waals surface area contributed by atoms with Crippen molar-refractivity contribution in [1.29, 1.82) is 0 Å². The molecule has 1 aliphatic heterocycles. The first-order valence-electron chi connectivity index (χ1n) is 7.71. The van der Waals surface area contributed by atoms with E-state index in [4.69, 9.17) is 9.15 Å². The van der Waals surface area contributed by atoms with Crippen molar-refractivity contribution in [2.24, 2.45) is 11.0 Å². The van der Waals surface area contributed by atoms with Gasteiger partial charge in [0.1, 0.15) is 18.1 Å². The number of benzene rings is 1. The molecule has 124 valence electrons. The lowest BCUT2D eigenvalue weighted by atomic mass is 9.94. The third-order valence-corrected chi connectivity index (χ3v) is 3.76. The van der Waals surface area contributed by atoms with Crippen LogP contribution >= 0.6 is 0 Å². The smallest absolute Gasteiger partial charge is 0.336 e. The number of nitrogens with one attached hydrogen (secondary N) is 1. The molecule has 2 heterocycles. The number of ether oxygens (including phenoxy) is 1. The van der Waals surface area contributed by atoms with E-state index in [1.54, 1.807) is 6.07 Å². The zero-order valence-electron chi connectivity index (χ0n) is 13.5. The van der Waals surface area contributed by atoms with E-state index in [9.17, 15) is 9.59 Å². The molecule has 1 atom stereocenters. The Morgan fingerprint density at radius 1 is 1.25 bits per heavy atom. The Bertz CT molecular complexity index is 837. The fourth-order valence-electron chi connectivity index (χ4n) is 2.62. The van der Waals surface area contributed by atoms with E-state index in [-0.39, 0.29) is 24.1 Å². The second kappa shape index (κ2) is 6.70. The lowest BCUT2D eigenvalue weighted by Crippen LogP contribution is -2.31. The summed E-state index contributed by atoms with van der Waals surface area (Å²) < 4.78 is 10.7. The van der Waals surface area contributed by atoms with Crippen molar-refractivity contribution in [3.8, 4) is 5.75 Å². The Morgan fingerprint density at radius 2 is 2.00 bits per heavy atom. The molecule has 1 unspecified atom stereocenters. The van der Waals surface area contributed by atoms with Gasteiger partial charge in [-0.3, -0.25) is 4.79 Å². The molecule has 1 aromatic heterocycles. The molecule has 0 radical (unpaired) electrons. The number of aryl methyl sites for hydroxylation is 1. The minimum Gasteiger partial charge on any atom is -0.486 e. The first kappa shape index (κ1) is 16.0. The number of amides is 1. The van der Waals surface area contributed by atoms with Crippen molar-refractivity contribution >= 4 is 11.6 Å². The van der Waals surface area contributed by atoms with Crippen LogP contribution in [0.15, 0.2) is 50.7 Å². The standard InChI is InChI=1S/C18H18N2O4/c1-11-7-15(24-17(22)8-11)10-23-14-5-3-13(4-6-14)18-12(2)9-16(21)19-20-18/h3-8,12H,9-10H2,1-2H3,(H,19,21). The van der Waals surface area contributed by atoms with Gasteiger partial charge in [-0.15, -0.1) is 0 Å². The summed E-state index contributed by atoms with van der Waals surface area (Å²) in [6.07, 6.45) is 0.434. The molecule has 0 spiro atoms. The van der Waals surface area contributed by atoms with Crippen molar-refractivity contribution in [1.82, 2.24) is 5.43 Å². The zero-order valence-corrected chi connectivity index (χ0v) is 13.5. The normalized spacial score (nSPS) is 17.2. The summed E-state index contributed by atoms with van der Waals surface area (Å²) in [6.45, 7) is 3.99.